The lowest BCUT2D eigenvalue weighted by atomic mass is 10.2. The summed E-state index contributed by atoms with van der Waals surface area (Å²) in [6.07, 6.45) is 0. The molecule has 1 aromatic carbocycles. The summed E-state index contributed by atoms with van der Waals surface area (Å²) in [5.74, 6) is 0.562. The van der Waals surface area contributed by atoms with Gasteiger partial charge in [-0.2, -0.15) is 0 Å². The predicted molar refractivity (Wildman–Crippen MR) is 105 cm³/mol. The van der Waals surface area contributed by atoms with Crippen LogP contribution in [-0.4, -0.2) is 56.0 Å². The van der Waals surface area contributed by atoms with Crippen LogP contribution in [0.1, 0.15) is 26.3 Å². The molecule has 0 aromatic heterocycles. The lowest BCUT2D eigenvalue weighted by Crippen LogP contribution is -2.42. The Balaban J connectivity index is 2.60. The number of aliphatic imine (C=N–C) groups is 1. The minimum Gasteiger partial charge on any atom is -0.357 e. The molecule has 0 heterocycles. The summed E-state index contributed by atoms with van der Waals surface area (Å²) in [7, 11) is 3.43. The Kier molecular flexibility index (Phi) is 8.97. The fourth-order valence-corrected chi connectivity index (χ4v) is 1.95. The molecule has 0 aliphatic carbocycles. The van der Waals surface area contributed by atoms with Crippen LogP contribution in [0.2, 0.25) is 0 Å². The first-order chi connectivity index (χ1) is 12.3. The number of benzene rings is 1. The quantitative estimate of drug-likeness (QED) is 0.435. The number of amides is 3. The van der Waals surface area contributed by atoms with Gasteiger partial charge >= 0.3 is 6.03 Å². The highest BCUT2D eigenvalue weighted by atomic mass is 16.2. The van der Waals surface area contributed by atoms with E-state index in [9.17, 15) is 9.59 Å². The van der Waals surface area contributed by atoms with Gasteiger partial charge in [-0.05, 0) is 38.5 Å². The van der Waals surface area contributed by atoms with Gasteiger partial charge in [0.1, 0.15) is 0 Å². The van der Waals surface area contributed by atoms with Crippen LogP contribution < -0.4 is 21.3 Å². The summed E-state index contributed by atoms with van der Waals surface area (Å²) in [5, 5.41) is 11.7. The molecule has 0 atom stereocenters. The van der Waals surface area contributed by atoms with E-state index in [1.165, 1.54) is 4.90 Å². The summed E-state index contributed by atoms with van der Waals surface area (Å²) in [6.45, 7) is 7.13. The topological polar surface area (TPSA) is 97.9 Å². The average Bonchev–Trinajstić information content (AvgIpc) is 2.57. The molecule has 1 aromatic rings. The first-order valence-corrected chi connectivity index (χ1v) is 8.70. The Morgan fingerprint density at radius 3 is 2.31 bits per heavy atom. The van der Waals surface area contributed by atoms with Gasteiger partial charge in [-0.1, -0.05) is 12.1 Å². The number of anilines is 1. The summed E-state index contributed by atoms with van der Waals surface area (Å²) in [6, 6.07) is 7.34. The maximum atomic E-state index is 11.7. The van der Waals surface area contributed by atoms with E-state index in [0.29, 0.717) is 19.0 Å². The van der Waals surface area contributed by atoms with Gasteiger partial charge in [0.05, 0.1) is 13.1 Å². The van der Waals surface area contributed by atoms with E-state index in [1.807, 2.05) is 45.0 Å². The number of carbonyl (C=O) groups excluding carboxylic acids is 2. The van der Waals surface area contributed by atoms with Crippen LogP contribution in [0.5, 0.6) is 0 Å². The second kappa shape index (κ2) is 11.0. The van der Waals surface area contributed by atoms with Crippen molar-refractivity contribution in [1.82, 2.24) is 20.9 Å². The smallest absolute Gasteiger partial charge is 0.319 e. The number of urea groups is 1. The molecule has 0 aliphatic heterocycles. The second-order valence-electron chi connectivity index (χ2n) is 6.29. The summed E-state index contributed by atoms with van der Waals surface area (Å²) in [4.78, 5) is 29.3. The van der Waals surface area contributed by atoms with Gasteiger partial charge in [-0.3, -0.25) is 4.79 Å². The molecule has 8 heteroatoms. The molecule has 0 saturated heterocycles. The number of rotatable bonds is 7. The van der Waals surface area contributed by atoms with Gasteiger partial charge in [-0.25, -0.2) is 9.79 Å². The molecule has 0 radical (unpaired) electrons. The highest BCUT2D eigenvalue weighted by Gasteiger charge is 2.06. The molecule has 0 bridgehead atoms. The van der Waals surface area contributed by atoms with Crippen LogP contribution >= 0.6 is 0 Å². The summed E-state index contributed by atoms with van der Waals surface area (Å²) < 4.78 is 0. The van der Waals surface area contributed by atoms with Crippen LogP contribution in [0.15, 0.2) is 29.3 Å². The molecule has 0 spiro atoms. The number of nitrogens with zero attached hydrogens (tertiary/aromatic N) is 2. The van der Waals surface area contributed by atoms with Crippen LogP contribution in [0, 0.1) is 0 Å². The largest absolute Gasteiger partial charge is 0.357 e. The van der Waals surface area contributed by atoms with Crippen molar-refractivity contribution in [2.24, 2.45) is 4.99 Å². The molecule has 4 N–H and O–H groups in total. The van der Waals surface area contributed by atoms with Crippen LogP contribution in [0.25, 0.3) is 0 Å². The second-order valence-corrected chi connectivity index (χ2v) is 6.29. The molecule has 0 aliphatic rings. The lowest BCUT2D eigenvalue weighted by Gasteiger charge is -2.14. The molecular weight excluding hydrogens is 332 g/mol. The molecule has 26 heavy (non-hydrogen) atoms. The van der Waals surface area contributed by atoms with Crippen molar-refractivity contribution >= 4 is 23.6 Å². The van der Waals surface area contributed by atoms with E-state index in [-0.39, 0.29) is 24.5 Å². The molecule has 0 saturated carbocycles. The first kappa shape index (κ1) is 21.3. The summed E-state index contributed by atoms with van der Waals surface area (Å²) in [5.41, 5.74) is 1.72. The Labute approximate surface area is 155 Å². The van der Waals surface area contributed by atoms with Crippen LogP contribution in [-0.2, 0) is 11.3 Å². The highest BCUT2D eigenvalue weighted by molar-refractivity contribution is 5.89. The van der Waals surface area contributed by atoms with Crippen molar-refractivity contribution in [3.8, 4) is 0 Å². The van der Waals surface area contributed by atoms with Crippen LogP contribution in [0.3, 0.4) is 0 Å². The van der Waals surface area contributed by atoms with Gasteiger partial charge in [0.2, 0.25) is 5.91 Å². The fourth-order valence-electron chi connectivity index (χ4n) is 1.95. The minimum absolute atomic E-state index is 0.0225. The van der Waals surface area contributed by atoms with E-state index in [0.717, 1.165) is 11.3 Å². The lowest BCUT2D eigenvalue weighted by molar-refractivity contribution is -0.127. The number of likely N-dealkylation sites (N-methyl/N-ethyl adjacent to an activating group) is 1. The van der Waals surface area contributed by atoms with Crippen LogP contribution in [0.4, 0.5) is 10.5 Å². The fraction of sp³-hybridized carbons (Fsp3) is 0.500. The Morgan fingerprint density at radius 1 is 1.12 bits per heavy atom. The Bertz CT molecular complexity index is 611. The van der Waals surface area contributed by atoms with E-state index in [4.69, 9.17) is 0 Å². The van der Waals surface area contributed by atoms with E-state index in [2.05, 4.69) is 26.3 Å². The Morgan fingerprint density at radius 2 is 1.77 bits per heavy atom. The van der Waals surface area contributed by atoms with Crippen molar-refractivity contribution < 1.29 is 9.59 Å². The molecule has 0 fully saturated rings. The average molecular weight is 362 g/mol. The molecule has 144 valence electrons. The maximum Gasteiger partial charge on any atom is 0.319 e. The molecule has 1 rings (SSSR count). The van der Waals surface area contributed by atoms with Gasteiger partial charge in [0, 0.05) is 32.4 Å². The van der Waals surface area contributed by atoms with Gasteiger partial charge in [0.25, 0.3) is 0 Å². The molecule has 8 nitrogen and oxygen atoms in total. The Hall–Kier alpha value is -2.77. The third kappa shape index (κ3) is 8.36. The van der Waals surface area contributed by atoms with E-state index in [1.54, 1.807) is 14.1 Å². The maximum absolute atomic E-state index is 11.7. The van der Waals surface area contributed by atoms with Gasteiger partial charge < -0.3 is 26.2 Å². The number of hydrogen-bond donors (Lipinski definition) is 4. The minimum atomic E-state index is -0.227. The third-order valence-corrected chi connectivity index (χ3v) is 3.30. The van der Waals surface area contributed by atoms with E-state index >= 15 is 0 Å². The molecular formula is C18H30N6O2. The van der Waals surface area contributed by atoms with Crippen molar-refractivity contribution in [1.29, 1.82) is 0 Å². The van der Waals surface area contributed by atoms with Crippen molar-refractivity contribution in [2.75, 3.05) is 32.5 Å². The molecule has 3 amide bonds. The zero-order chi connectivity index (χ0) is 19.5. The third-order valence-electron chi connectivity index (χ3n) is 3.30. The monoisotopic (exact) mass is 362 g/mol. The van der Waals surface area contributed by atoms with Gasteiger partial charge in [-0.15, -0.1) is 0 Å². The zero-order valence-corrected chi connectivity index (χ0v) is 16.2. The van der Waals surface area contributed by atoms with Gasteiger partial charge in [0.15, 0.2) is 5.96 Å². The number of carbonyl (C=O) groups is 2. The highest BCUT2D eigenvalue weighted by Crippen LogP contribution is 2.10. The van der Waals surface area contributed by atoms with E-state index < -0.39 is 0 Å². The number of nitrogens with one attached hydrogen (secondary N) is 4. The standard InChI is InChI=1S/C18H30N6O2/c1-6-19-17(21-12-16(25)24(4)5)20-11-14-7-9-15(10-8-14)23-18(26)22-13(2)3/h7-10,13H,6,11-12H2,1-5H3,(H2,19,20,21)(H2,22,23,26). The van der Waals surface area contributed by atoms with Crippen molar-refractivity contribution in [3.05, 3.63) is 29.8 Å². The van der Waals surface area contributed by atoms with Crippen molar-refractivity contribution in [2.45, 2.75) is 33.4 Å². The zero-order valence-electron chi connectivity index (χ0n) is 16.2. The van der Waals surface area contributed by atoms with Crippen molar-refractivity contribution in [3.63, 3.8) is 0 Å². The number of hydrogen-bond acceptors (Lipinski definition) is 3. The first-order valence-electron chi connectivity index (χ1n) is 8.70. The molecule has 0 unspecified atom stereocenters. The number of guanidine groups is 1. The SMILES string of the molecule is CCNC(=NCc1ccc(NC(=O)NC(C)C)cc1)NCC(=O)N(C)C. The normalized spacial score (nSPS) is 11.1. The summed E-state index contributed by atoms with van der Waals surface area (Å²) >= 11 is 0. The predicted octanol–water partition coefficient (Wildman–Crippen LogP) is 1.36.